The SMILES string of the molecule is CC(C#N)N(C(=O)CN[C@H](C)CC1(c2nn(-c3ccc(F)cc3)c(=O)[nH]2)c2ccc(C(N)=O)cc2CCc2cc(C(N)=O)ccc21)C1CC1. The zero-order chi connectivity index (χ0) is 35.0. The highest BCUT2D eigenvalue weighted by atomic mass is 19.1. The number of hydrogen-bond donors (Lipinski definition) is 4. The molecule has 2 aliphatic rings. The average molecular weight is 665 g/mol. The first-order valence-electron chi connectivity index (χ1n) is 16.2. The lowest BCUT2D eigenvalue weighted by molar-refractivity contribution is -0.132. The zero-order valence-corrected chi connectivity index (χ0v) is 27.2. The summed E-state index contributed by atoms with van der Waals surface area (Å²) in [6.07, 6.45) is 2.92. The number of halogens is 1. The Morgan fingerprint density at radius 2 is 1.59 bits per heavy atom. The van der Waals surface area contributed by atoms with Crippen LogP contribution in [0.4, 0.5) is 4.39 Å². The quantitative estimate of drug-likeness (QED) is 0.189. The van der Waals surface area contributed by atoms with Crippen LogP contribution in [0.5, 0.6) is 0 Å². The number of nitrogens with one attached hydrogen (secondary N) is 2. The third-order valence-electron chi connectivity index (χ3n) is 9.50. The van der Waals surface area contributed by atoms with Gasteiger partial charge in [-0.25, -0.2) is 9.18 Å². The summed E-state index contributed by atoms with van der Waals surface area (Å²) in [5, 5.41) is 17.7. The molecule has 0 aliphatic heterocycles. The van der Waals surface area contributed by atoms with E-state index in [1.165, 1.54) is 24.3 Å². The minimum atomic E-state index is -1.19. The number of benzene rings is 3. The number of carbonyl (C=O) groups excluding carboxylic acids is 3. The second-order valence-corrected chi connectivity index (χ2v) is 12.9. The molecule has 6 N–H and O–H groups in total. The standard InChI is InChI=1S/C36H37FN8O4/c1-20(41-19-31(46)44(21(2)18-38)27-11-12-27)17-36(34-42-35(49)45(43-34)28-9-7-26(37)8-10-28)29-13-5-24(32(39)47)15-22(29)3-4-23-16-25(33(40)48)6-14-30(23)36/h5-10,13-16,20-21,27,41H,3-4,11-12,17,19H2,1-2H3,(H2,39,47)(H2,40,48)(H,42,43,49)/t20-,21?/m1/s1. The van der Waals surface area contributed by atoms with Gasteiger partial charge in [-0.3, -0.25) is 19.4 Å². The van der Waals surface area contributed by atoms with Gasteiger partial charge in [-0.15, -0.1) is 5.10 Å². The van der Waals surface area contributed by atoms with Crippen molar-refractivity contribution >= 4 is 17.7 Å². The molecule has 13 heteroatoms. The molecule has 3 amide bonds. The highest BCUT2D eigenvalue weighted by Crippen LogP contribution is 2.47. The Hall–Kier alpha value is -5.61. The molecule has 12 nitrogen and oxygen atoms in total. The second kappa shape index (κ2) is 13.1. The molecule has 49 heavy (non-hydrogen) atoms. The van der Waals surface area contributed by atoms with Crippen LogP contribution >= 0.6 is 0 Å². The fraction of sp³-hybridized carbons (Fsp3) is 0.333. The molecule has 0 radical (unpaired) electrons. The van der Waals surface area contributed by atoms with Crippen LogP contribution in [-0.4, -0.2) is 62.1 Å². The highest BCUT2D eigenvalue weighted by Gasteiger charge is 2.46. The number of H-pyrrole nitrogens is 1. The lowest BCUT2D eigenvalue weighted by Crippen LogP contribution is -2.47. The van der Waals surface area contributed by atoms with Crippen molar-refractivity contribution in [2.75, 3.05) is 6.54 Å². The largest absolute Gasteiger partial charge is 0.366 e. The van der Waals surface area contributed by atoms with Crippen LogP contribution in [-0.2, 0) is 23.1 Å². The third kappa shape index (κ3) is 6.35. The van der Waals surface area contributed by atoms with E-state index < -0.39 is 34.8 Å². The number of nitriles is 1. The predicted octanol–water partition coefficient (Wildman–Crippen LogP) is 2.60. The van der Waals surface area contributed by atoms with E-state index >= 15 is 0 Å². The summed E-state index contributed by atoms with van der Waals surface area (Å²) in [6.45, 7) is 3.60. The van der Waals surface area contributed by atoms with Crippen molar-refractivity contribution in [3.8, 4) is 11.8 Å². The first-order valence-corrected chi connectivity index (χ1v) is 16.2. The zero-order valence-electron chi connectivity index (χ0n) is 27.2. The van der Waals surface area contributed by atoms with Gasteiger partial charge in [0.25, 0.3) is 0 Å². The summed E-state index contributed by atoms with van der Waals surface area (Å²) in [7, 11) is 0. The number of carbonyl (C=O) groups is 3. The average Bonchev–Trinajstić information content (AvgIpc) is 3.86. The molecular formula is C36H37FN8O4. The number of hydrogen-bond acceptors (Lipinski definition) is 7. The van der Waals surface area contributed by atoms with E-state index in [9.17, 15) is 28.8 Å². The fourth-order valence-electron chi connectivity index (χ4n) is 7.04. The molecule has 3 aromatic carbocycles. The van der Waals surface area contributed by atoms with Crippen molar-refractivity contribution in [2.45, 2.75) is 69.5 Å². The van der Waals surface area contributed by atoms with Crippen LogP contribution in [0.15, 0.2) is 65.5 Å². The minimum absolute atomic E-state index is 0.0265. The van der Waals surface area contributed by atoms with Crippen LogP contribution < -0.4 is 22.5 Å². The lowest BCUT2D eigenvalue weighted by atomic mass is 9.67. The van der Waals surface area contributed by atoms with E-state index in [1.807, 2.05) is 19.1 Å². The van der Waals surface area contributed by atoms with E-state index in [4.69, 9.17) is 16.6 Å². The molecule has 4 aromatic rings. The molecule has 1 saturated carbocycles. The number of aryl methyl sites for hydroxylation is 2. The van der Waals surface area contributed by atoms with Crippen molar-refractivity contribution in [1.29, 1.82) is 5.26 Å². The number of amides is 3. The van der Waals surface area contributed by atoms with Crippen molar-refractivity contribution in [2.24, 2.45) is 11.5 Å². The minimum Gasteiger partial charge on any atom is -0.366 e. The third-order valence-corrected chi connectivity index (χ3v) is 9.50. The summed E-state index contributed by atoms with van der Waals surface area (Å²) in [5.41, 5.74) is 13.7. The van der Waals surface area contributed by atoms with Gasteiger partial charge in [0.2, 0.25) is 17.7 Å². The highest BCUT2D eigenvalue weighted by molar-refractivity contribution is 5.94. The Morgan fingerprint density at radius 3 is 2.10 bits per heavy atom. The maximum absolute atomic E-state index is 13.8. The predicted molar refractivity (Wildman–Crippen MR) is 178 cm³/mol. The summed E-state index contributed by atoms with van der Waals surface area (Å²) in [6, 6.07) is 17.0. The first-order chi connectivity index (χ1) is 23.4. The van der Waals surface area contributed by atoms with Gasteiger partial charge in [0, 0.05) is 23.2 Å². The molecule has 2 atom stereocenters. The summed E-state index contributed by atoms with van der Waals surface area (Å²) in [5.74, 6) is -1.58. The number of nitrogens with zero attached hydrogens (tertiary/aromatic N) is 4. The number of fused-ring (bicyclic) bond motifs is 2. The molecule has 252 valence electrons. The van der Waals surface area contributed by atoms with Crippen LogP contribution in [0.2, 0.25) is 0 Å². The Kier molecular flexibility index (Phi) is 8.92. The number of aromatic nitrogens is 3. The van der Waals surface area contributed by atoms with E-state index in [2.05, 4.69) is 16.4 Å². The van der Waals surface area contributed by atoms with Crippen LogP contribution in [0.25, 0.3) is 5.69 Å². The van der Waals surface area contributed by atoms with Gasteiger partial charge < -0.3 is 21.7 Å². The fourth-order valence-corrected chi connectivity index (χ4v) is 7.04. The van der Waals surface area contributed by atoms with Gasteiger partial charge >= 0.3 is 5.69 Å². The van der Waals surface area contributed by atoms with Crippen molar-refractivity contribution in [1.82, 2.24) is 25.0 Å². The molecule has 1 aromatic heterocycles. The molecule has 1 heterocycles. The van der Waals surface area contributed by atoms with Gasteiger partial charge in [-0.05, 0) is 117 Å². The van der Waals surface area contributed by atoms with E-state index in [1.54, 1.807) is 36.1 Å². The smallest absolute Gasteiger partial charge is 0.348 e. The van der Waals surface area contributed by atoms with Crippen LogP contribution in [0, 0.1) is 17.1 Å². The molecule has 6 rings (SSSR count). The molecule has 1 fully saturated rings. The van der Waals surface area contributed by atoms with Gasteiger partial charge in [-0.2, -0.15) is 9.94 Å². The summed E-state index contributed by atoms with van der Waals surface area (Å²) in [4.78, 5) is 56.1. The lowest BCUT2D eigenvalue weighted by Gasteiger charge is -2.37. The Balaban J connectivity index is 1.52. The molecule has 1 unspecified atom stereocenters. The normalized spacial score (nSPS) is 16.0. The number of aromatic amines is 1. The van der Waals surface area contributed by atoms with Crippen LogP contribution in [0.1, 0.15) is 81.9 Å². The first kappa shape index (κ1) is 33.3. The number of primary amides is 2. The number of nitrogens with two attached hydrogens (primary N) is 2. The number of rotatable bonds is 11. The molecule has 0 spiro atoms. The van der Waals surface area contributed by atoms with Gasteiger partial charge in [-0.1, -0.05) is 12.1 Å². The van der Waals surface area contributed by atoms with E-state index in [0.29, 0.717) is 29.7 Å². The van der Waals surface area contributed by atoms with Crippen molar-refractivity contribution in [3.05, 3.63) is 116 Å². The maximum atomic E-state index is 13.8. The van der Waals surface area contributed by atoms with Crippen molar-refractivity contribution in [3.63, 3.8) is 0 Å². The van der Waals surface area contributed by atoms with E-state index in [-0.39, 0.29) is 36.8 Å². The van der Waals surface area contributed by atoms with Gasteiger partial charge in [0.1, 0.15) is 17.7 Å². The van der Waals surface area contributed by atoms with Gasteiger partial charge in [0.15, 0.2) is 0 Å². The monoisotopic (exact) mass is 664 g/mol. The van der Waals surface area contributed by atoms with E-state index in [0.717, 1.165) is 39.8 Å². The second-order valence-electron chi connectivity index (χ2n) is 12.9. The topological polar surface area (TPSA) is 193 Å². The summed E-state index contributed by atoms with van der Waals surface area (Å²) >= 11 is 0. The van der Waals surface area contributed by atoms with Crippen molar-refractivity contribution < 1.29 is 18.8 Å². The summed E-state index contributed by atoms with van der Waals surface area (Å²) < 4.78 is 15.0. The van der Waals surface area contributed by atoms with Crippen LogP contribution in [0.3, 0.4) is 0 Å². The molecule has 0 saturated heterocycles. The Bertz CT molecular complexity index is 1980. The van der Waals surface area contributed by atoms with Gasteiger partial charge in [0.05, 0.1) is 23.7 Å². The molecule has 0 bridgehead atoms. The Morgan fingerprint density at radius 1 is 1.02 bits per heavy atom. The maximum Gasteiger partial charge on any atom is 0.348 e. The molecule has 2 aliphatic carbocycles. The molecular weight excluding hydrogens is 627 g/mol. The Labute approximate surface area is 281 Å².